The van der Waals surface area contributed by atoms with Crippen molar-refractivity contribution in [1.82, 2.24) is 14.8 Å². The summed E-state index contributed by atoms with van der Waals surface area (Å²) in [5.74, 6) is 1.60. The molecule has 1 aliphatic rings. The standard InChI is InChI=1S/C29H28ClN5O4/c1-17-9-11-19(12-10-17)15-39-23-8-6-5-7-20(23)27-26(18(2)33-29-31-16-32-35(27)29)28(36)34-22-14-24(37-3)21(30)13-25(22)38-4/h5-14,16,27H,15H2,1-4H3,(H,34,36)(H,31,32,33)/t27-/m0/s1. The fraction of sp³-hybridized carbons (Fsp3) is 0.207. The minimum Gasteiger partial charge on any atom is -0.495 e. The topological polar surface area (TPSA) is 99.5 Å². The number of nitrogens with one attached hydrogen (secondary N) is 2. The number of hydrogen-bond donors (Lipinski definition) is 2. The van der Waals surface area contributed by atoms with Gasteiger partial charge in [0.25, 0.3) is 5.91 Å². The van der Waals surface area contributed by atoms with Gasteiger partial charge >= 0.3 is 0 Å². The van der Waals surface area contributed by atoms with Crippen LogP contribution in [0.25, 0.3) is 0 Å². The van der Waals surface area contributed by atoms with E-state index in [0.717, 1.165) is 11.1 Å². The number of benzene rings is 3. The van der Waals surface area contributed by atoms with E-state index < -0.39 is 6.04 Å². The van der Waals surface area contributed by atoms with E-state index in [0.29, 0.717) is 51.8 Å². The predicted octanol–water partition coefficient (Wildman–Crippen LogP) is 5.76. The second-order valence-electron chi connectivity index (χ2n) is 9.05. The molecule has 0 spiro atoms. The van der Waals surface area contributed by atoms with E-state index in [1.54, 1.807) is 16.8 Å². The van der Waals surface area contributed by atoms with Gasteiger partial charge in [-0.25, -0.2) is 4.68 Å². The SMILES string of the molecule is COc1cc(NC(=O)C2=C(C)Nc3ncnn3[C@H]2c2ccccc2OCc2ccc(C)cc2)c(OC)cc1Cl. The molecular weight excluding hydrogens is 518 g/mol. The van der Waals surface area contributed by atoms with Gasteiger partial charge in [0.15, 0.2) is 0 Å². The maximum Gasteiger partial charge on any atom is 0.255 e. The molecule has 0 radical (unpaired) electrons. The summed E-state index contributed by atoms with van der Waals surface area (Å²) < 4.78 is 18.8. The van der Waals surface area contributed by atoms with E-state index in [1.807, 2.05) is 62.4 Å². The van der Waals surface area contributed by atoms with E-state index in [-0.39, 0.29) is 5.91 Å². The van der Waals surface area contributed by atoms with Gasteiger partial charge in [-0.2, -0.15) is 10.1 Å². The molecule has 1 aliphatic heterocycles. The van der Waals surface area contributed by atoms with Gasteiger partial charge in [-0.3, -0.25) is 4.79 Å². The van der Waals surface area contributed by atoms with Crippen molar-refractivity contribution in [2.24, 2.45) is 0 Å². The van der Waals surface area contributed by atoms with Crippen LogP contribution in [0.4, 0.5) is 11.6 Å². The summed E-state index contributed by atoms with van der Waals surface area (Å²) in [4.78, 5) is 18.3. The molecule has 5 rings (SSSR count). The molecule has 0 unspecified atom stereocenters. The number of fused-ring (bicyclic) bond motifs is 1. The van der Waals surface area contributed by atoms with Gasteiger partial charge < -0.3 is 24.8 Å². The number of carbonyl (C=O) groups excluding carboxylic acids is 1. The lowest BCUT2D eigenvalue weighted by molar-refractivity contribution is -0.113. The average Bonchev–Trinajstić information content (AvgIpc) is 3.41. The summed E-state index contributed by atoms with van der Waals surface area (Å²) in [6.07, 6.45) is 1.45. The molecule has 3 aromatic carbocycles. The first-order chi connectivity index (χ1) is 18.9. The van der Waals surface area contributed by atoms with Gasteiger partial charge in [-0.1, -0.05) is 59.6 Å². The lowest BCUT2D eigenvalue weighted by atomic mass is 9.94. The summed E-state index contributed by atoms with van der Waals surface area (Å²) in [5.41, 5.74) is 4.47. The van der Waals surface area contributed by atoms with E-state index in [4.69, 9.17) is 25.8 Å². The number of ether oxygens (including phenoxy) is 3. The Bertz CT molecular complexity index is 1550. The molecule has 1 atom stereocenters. The average molecular weight is 546 g/mol. The number of anilines is 2. The molecule has 0 saturated carbocycles. The monoisotopic (exact) mass is 545 g/mol. The molecule has 0 aliphatic carbocycles. The second kappa shape index (κ2) is 11.1. The zero-order chi connectivity index (χ0) is 27.5. The minimum atomic E-state index is -0.613. The molecule has 2 N–H and O–H groups in total. The van der Waals surface area contributed by atoms with Crippen molar-refractivity contribution in [2.45, 2.75) is 26.5 Å². The van der Waals surface area contributed by atoms with Crippen molar-refractivity contribution in [2.75, 3.05) is 24.9 Å². The minimum absolute atomic E-state index is 0.359. The number of para-hydroxylation sites is 1. The lowest BCUT2D eigenvalue weighted by Crippen LogP contribution is -2.31. The van der Waals surface area contributed by atoms with Crippen molar-refractivity contribution < 1.29 is 19.0 Å². The number of aromatic nitrogens is 3. The molecule has 1 amide bonds. The summed E-state index contributed by atoms with van der Waals surface area (Å²) in [6.45, 7) is 4.25. The lowest BCUT2D eigenvalue weighted by Gasteiger charge is -2.30. The molecule has 9 nitrogen and oxygen atoms in total. The van der Waals surface area contributed by atoms with Gasteiger partial charge in [0.1, 0.15) is 36.2 Å². The highest BCUT2D eigenvalue weighted by Gasteiger charge is 2.35. The van der Waals surface area contributed by atoms with E-state index >= 15 is 0 Å². The Kier molecular flexibility index (Phi) is 7.42. The highest BCUT2D eigenvalue weighted by atomic mass is 35.5. The molecule has 0 bridgehead atoms. The second-order valence-corrected chi connectivity index (χ2v) is 9.45. The third-order valence-corrected chi connectivity index (χ3v) is 6.79. The summed E-state index contributed by atoms with van der Waals surface area (Å²) in [7, 11) is 3.01. The van der Waals surface area contributed by atoms with Gasteiger partial charge in [0.05, 0.1) is 30.5 Å². The summed E-state index contributed by atoms with van der Waals surface area (Å²) >= 11 is 6.27. The zero-order valence-corrected chi connectivity index (χ0v) is 22.7. The van der Waals surface area contributed by atoms with E-state index in [2.05, 4.69) is 20.7 Å². The highest BCUT2D eigenvalue weighted by molar-refractivity contribution is 6.32. The Morgan fingerprint density at radius 2 is 1.77 bits per heavy atom. The van der Waals surface area contributed by atoms with Crippen LogP contribution in [0.1, 0.15) is 29.7 Å². The van der Waals surface area contributed by atoms with Crippen LogP contribution < -0.4 is 24.8 Å². The fourth-order valence-corrected chi connectivity index (χ4v) is 4.73. The van der Waals surface area contributed by atoms with Crippen LogP contribution >= 0.6 is 11.6 Å². The van der Waals surface area contributed by atoms with E-state index in [9.17, 15) is 4.79 Å². The number of allylic oxidation sites excluding steroid dienone is 1. The van der Waals surface area contributed by atoms with Crippen molar-refractivity contribution in [3.63, 3.8) is 0 Å². The molecular formula is C29H28ClN5O4. The normalized spacial score (nSPS) is 14.3. The first-order valence-corrected chi connectivity index (χ1v) is 12.6. The molecule has 4 aromatic rings. The van der Waals surface area contributed by atoms with E-state index in [1.165, 1.54) is 26.1 Å². The third-order valence-electron chi connectivity index (χ3n) is 6.49. The number of hydrogen-bond acceptors (Lipinski definition) is 7. The van der Waals surface area contributed by atoms with Crippen LogP contribution in [0.3, 0.4) is 0 Å². The molecule has 2 heterocycles. The number of nitrogens with zero attached hydrogens (tertiary/aromatic N) is 3. The number of amides is 1. The van der Waals surface area contributed by atoms with Gasteiger partial charge in [-0.05, 0) is 25.5 Å². The molecule has 0 saturated heterocycles. The maximum atomic E-state index is 13.9. The van der Waals surface area contributed by atoms with Gasteiger partial charge in [0, 0.05) is 23.4 Å². The predicted molar refractivity (Wildman–Crippen MR) is 150 cm³/mol. The van der Waals surface area contributed by atoms with Crippen molar-refractivity contribution in [3.8, 4) is 17.2 Å². The van der Waals surface area contributed by atoms with Crippen LogP contribution in [0.15, 0.2) is 78.3 Å². The number of rotatable bonds is 8. The van der Waals surface area contributed by atoms with Crippen LogP contribution in [0.2, 0.25) is 5.02 Å². The third kappa shape index (κ3) is 5.26. The maximum absolute atomic E-state index is 13.9. The van der Waals surface area contributed by atoms with Gasteiger partial charge in [-0.15, -0.1) is 0 Å². The molecule has 0 fully saturated rings. The number of halogens is 1. The first kappa shape index (κ1) is 26.1. The van der Waals surface area contributed by atoms with Crippen molar-refractivity contribution in [1.29, 1.82) is 0 Å². The summed E-state index contributed by atoms with van der Waals surface area (Å²) in [6, 6.07) is 18.4. The van der Waals surface area contributed by atoms with Crippen LogP contribution in [-0.4, -0.2) is 34.9 Å². The Morgan fingerprint density at radius 3 is 2.51 bits per heavy atom. The molecule has 1 aromatic heterocycles. The number of aryl methyl sites for hydroxylation is 1. The van der Waals surface area contributed by atoms with Crippen molar-refractivity contribution in [3.05, 3.63) is 100.0 Å². The largest absolute Gasteiger partial charge is 0.495 e. The Hall–Kier alpha value is -4.50. The quantitative estimate of drug-likeness (QED) is 0.290. The van der Waals surface area contributed by atoms with Crippen molar-refractivity contribution >= 4 is 29.1 Å². The van der Waals surface area contributed by atoms with Crippen LogP contribution in [0, 0.1) is 6.92 Å². The zero-order valence-electron chi connectivity index (χ0n) is 22.0. The smallest absolute Gasteiger partial charge is 0.255 e. The Labute approximate surface area is 231 Å². The molecule has 39 heavy (non-hydrogen) atoms. The molecule has 10 heteroatoms. The van der Waals surface area contributed by atoms with Crippen LogP contribution in [0.5, 0.6) is 17.2 Å². The summed E-state index contributed by atoms with van der Waals surface area (Å²) in [5, 5.41) is 11.0. The first-order valence-electron chi connectivity index (χ1n) is 12.3. The Morgan fingerprint density at radius 1 is 1.03 bits per heavy atom. The van der Waals surface area contributed by atoms with Crippen LogP contribution in [-0.2, 0) is 11.4 Å². The fourth-order valence-electron chi connectivity index (χ4n) is 4.50. The Balaban J connectivity index is 1.52. The molecule has 200 valence electrons. The number of carbonyl (C=O) groups is 1. The highest BCUT2D eigenvalue weighted by Crippen LogP contribution is 2.41. The van der Waals surface area contributed by atoms with Gasteiger partial charge in [0.2, 0.25) is 5.95 Å². The number of methoxy groups -OCH3 is 2.